The quantitative estimate of drug-likeness (QED) is 0.797. The molecule has 0 unspecified atom stereocenters. The summed E-state index contributed by atoms with van der Waals surface area (Å²) in [5.74, 6) is 2.11. The summed E-state index contributed by atoms with van der Waals surface area (Å²) in [6, 6.07) is 8.22. The maximum absolute atomic E-state index is 9.68. The van der Waals surface area contributed by atoms with Crippen LogP contribution in [0.2, 0.25) is 0 Å². The molecule has 2 heteroatoms. The average molecular weight is 236 g/mol. The molecular weight excluding hydrogens is 216 g/mol. The van der Waals surface area contributed by atoms with Gasteiger partial charge in [0.15, 0.2) is 0 Å². The molecule has 1 atom stereocenters. The summed E-state index contributed by atoms with van der Waals surface area (Å²) in [7, 11) is 0. The fourth-order valence-corrected chi connectivity index (χ4v) is 3.67. The molecule has 0 amide bonds. The Morgan fingerprint density at radius 2 is 2.00 bits per heavy atom. The van der Waals surface area contributed by atoms with Crippen molar-refractivity contribution in [3.05, 3.63) is 29.8 Å². The van der Waals surface area contributed by atoms with Crippen molar-refractivity contribution in [2.45, 2.75) is 43.6 Å². The molecule has 0 bridgehead atoms. The van der Waals surface area contributed by atoms with Gasteiger partial charge in [-0.25, -0.2) is 0 Å². The van der Waals surface area contributed by atoms with Crippen LogP contribution < -0.4 is 0 Å². The van der Waals surface area contributed by atoms with Gasteiger partial charge in [0, 0.05) is 10.6 Å². The number of thioether (sulfide) groups is 1. The lowest BCUT2D eigenvalue weighted by molar-refractivity contribution is 0.196. The number of rotatable bonds is 4. The molecule has 2 rings (SSSR count). The van der Waals surface area contributed by atoms with Crippen molar-refractivity contribution in [1.82, 2.24) is 0 Å². The smallest absolute Gasteiger partial charge is 0.0772 e. The van der Waals surface area contributed by atoms with Gasteiger partial charge < -0.3 is 5.11 Å². The van der Waals surface area contributed by atoms with Crippen molar-refractivity contribution >= 4 is 11.8 Å². The van der Waals surface area contributed by atoms with Crippen molar-refractivity contribution in [1.29, 1.82) is 0 Å². The molecule has 1 aromatic rings. The van der Waals surface area contributed by atoms with Crippen LogP contribution in [0.4, 0.5) is 0 Å². The van der Waals surface area contributed by atoms with Gasteiger partial charge in [-0.15, -0.1) is 11.8 Å². The van der Waals surface area contributed by atoms with Crippen LogP contribution in [0.5, 0.6) is 0 Å². The van der Waals surface area contributed by atoms with Gasteiger partial charge >= 0.3 is 0 Å². The zero-order valence-corrected chi connectivity index (χ0v) is 10.7. The zero-order valence-electron chi connectivity index (χ0n) is 9.86. The second-order valence-corrected chi connectivity index (χ2v) is 5.74. The highest BCUT2D eigenvalue weighted by molar-refractivity contribution is 7.99. The summed E-state index contributed by atoms with van der Waals surface area (Å²) in [5.41, 5.74) is 1.07. The third kappa shape index (κ3) is 3.02. The number of hydrogen-bond acceptors (Lipinski definition) is 2. The molecule has 0 heterocycles. The van der Waals surface area contributed by atoms with E-state index in [1.54, 1.807) is 0 Å². The van der Waals surface area contributed by atoms with E-state index in [-0.39, 0.29) is 6.10 Å². The van der Waals surface area contributed by atoms with Crippen LogP contribution in [0.15, 0.2) is 29.2 Å². The van der Waals surface area contributed by atoms with Crippen molar-refractivity contribution in [2.24, 2.45) is 5.92 Å². The number of hydrogen-bond donors (Lipinski definition) is 1. The summed E-state index contributed by atoms with van der Waals surface area (Å²) >= 11 is 1.91. The largest absolute Gasteiger partial charge is 0.389 e. The molecule has 0 saturated heterocycles. The van der Waals surface area contributed by atoms with Crippen molar-refractivity contribution in [2.75, 3.05) is 5.75 Å². The van der Waals surface area contributed by atoms with Gasteiger partial charge in [0.1, 0.15) is 0 Å². The van der Waals surface area contributed by atoms with Crippen LogP contribution in [0.3, 0.4) is 0 Å². The SMILES string of the molecule is C[C@H](O)c1ccccc1SCC1CCCC1. The van der Waals surface area contributed by atoms with E-state index >= 15 is 0 Å². The monoisotopic (exact) mass is 236 g/mol. The van der Waals surface area contributed by atoms with E-state index in [1.165, 1.54) is 36.3 Å². The Bertz CT molecular complexity index is 329. The first-order chi connectivity index (χ1) is 7.77. The molecule has 1 aliphatic carbocycles. The Labute approximate surface area is 102 Å². The Morgan fingerprint density at radius 1 is 1.31 bits per heavy atom. The Balaban J connectivity index is 1.97. The van der Waals surface area contributed by atoms with Gasteiger partial charge in [-0.05, 0) is 37.3 Å². The van der Waals surface area contributed by atoms with Crippen molar-refractivity contribution in [3.63, 3.8) is 0 Å². The lowest BCUT2D eigenvalue weighted by atomic mass is 10.1. The Hall–Kier alpha value is -0.470. The molecule has 0 spiro atoms. The summed E-state index contributed by atoms with van der Waals surface area (Å²) in [5, 5.41) is 9.68. The fourth-order valence-electron chi connectivity index (χ4n) is 2.34. The Morgan fingerprint density at radius 3 is 2.69 bits per heavy atom. The predicted octanol–water partition coefficient (Wildman–Crippen LogP) is 4.02. The van der Waals surface area contributed by atoms with Crippen LogP contribution in [-0.2, 0) is 0 Å². The van der Waals surface area contributed by atoms with Crippen LogP contribution in [0.1, 0.15) is 44.3 Å². The third-order valence-electron chi connectivity index (χ3n) is 3.32. The Kier molecular flexibility index (Phi) is 4.30. The van der Waals surface area contributed by atoms with E-state index in [0.717, 1.165) is 11.5 Å². The highest BCUT2D eigenvalue weighted by atomic mass is 32.2. The molecule has 1 saturated carbocycles. The molecule has 0 aliphatic heterocycles. The maximum Gasteiger partial charge on any atom is 0.0772 e. The first kappa shape index (κ1) is 12.0. The molecule has 0 radical (unpaired) electrons. The second-order valence-electron chi connectivity index (χ2n) is 4.68. The number of aliphatic hydroxyl groups is 1. The molecule has 0 aromatic heterocycles. The molecule has 1 nitrogen and oxygen atoms in total. The standard InChI is InChI=1S/C14H20OS/c1-11(15)13-8-4-5-9-14(13)16-10-12-6-2-3-7-12/h4-5,8-9,11-12,15H,2-3,6-7,10H2,1H3/t11-/m0/s1. The third-order valence-corrected chi connectivity index (χ3v) is 4.64. The summed E-state index contributed by atoms with van der Waals surface area (Å²) in [6.45, 7) is 1.84. The lowest BCUT2D eigenvalue weighted by Crippen LogP contribution is -1.99. The molecular formula is C14H20OS. The van der Waals surface area contributed by atoms with Gasteiger partial charge in [-0.1, -0.05) is 31.0 Å². The van der Waals surface area contributed by atoms with Gasteiger partial charge in [0.05, 0.1) is 6.10 Å². The second kappa shape index (κ2) is 5.74. The normalized spacial score (nSPS) is 18.9. The highest BCUT2D eigenvalue weighted by Crippen LogP contribution is 2.33. The minimum Gasteiger partial charge on any atom is -0.389 e. The van der Waals surface area contributed by atoms with Gasteiger partial charge in [0.25, 0.3) is 0 Å². The molecule has 1 fully saturated rings. The average Bonchev–Trinajstić information content (AvgIpc) is 2.79. The van der Waals surface area contributed by atoms with Crippen LogP contribution in [-0.4, -0.2) is 10.9 Å². The summed E-state index contributed by atoms with van der Waals surface area (Å²) in [6.07, 6.45) is 5.24. The van der Waals surface area contributed by atoms with E-state index in [0.29, 0.717) is 0 Å². The molecule has 1 N–H and O–H groups in total. The zero-order chi connectivity index (χ0) is 11.4. The molecule has 1 aliphatic rings. The highest BCUT2D eigenvalue weighted by Gasteiger charge is 2.16. The van der Waals surface area contributed by atoms with Crippen LogP contribution in [0, 0.1) is 5.92 Å². The molecule has 88 valence electrons. The van der Waals surface area contributed by atoms with E-state index in [4.69, 9.17) is 0 Å². The van der Waals surface area contributed by atoms with E-state index in [9.17, 15) is 5.11 Å². The molecule has 16 heavy (non-hydrogen) atoms. The summed E-state index contributed by atoms with van der Waals surface area (Å²) < 4.78 is 0. The minimum absolute atomic E-state index is 0.354. The fraction of sp³-hybridized carbons (Fsp3) is 0.571. The van der Waals surface area contributed by atoms with Crippen molar-refractivity contribution in [3.8, 4) is 0 Å². The first-order valence-corrected chi connectivity index (χ1v) is 7.15. The lowest BCUT2D eigenvalue weighted by Gasteiger charge is -2.13. The van der Waals surface area contributed by atoms with E-state index in [2.05, 4.69) is 12.1 Å². The van der Waals surface area contributed by atoms with Crippen LogP contribution >= 0.6 is 11.8 Å². The van der Waals surface area contributed by atoms with Crippen LogP contribution in [0.25, 0.3) is 0 Å². The summed E-state index contributed by atoms with van der Waals surface area (Å²) in [4.78, 5) is 1.25. The topological polar surface area (TPSA) is 20.2 Å². The van der Waals surface area contributed by atoms with E-state index in [1.807, 2.05) is 30.8 Å². The van der Waals surface area contributed by atoms with Gasteiger partial charge in [0.2, 0.25) is 0 Å². The van der Waals surface area contributed by atoms with Gasteiger partial charge in [-0.3, -0.25) is 0 Å². The number of benzene rings is 1. The first-order valence-electron chi connectivity index (χ1n) is 6.17. The molecule has 1 aromatic carbocycles. The van der Waals surface area contributed by atoms with E-state index < -0.39 is 0 Å². The number of aliphatic hydroxyl groups excluding tert-OH is 1. The maximum atomic E-state index is 9.68. The minimum atomic E-state index is -0.354. The van der Waals surface area contributed by atoms with Gasteiger partial charge in [-0.2, -0.15) is 0 Å². The predicted molar refractivity (Wildman–Crippen MR) is 69.8 cm³/mol. The van der Waals surface area contributed by atoms with Crippen molar-refractivity contribution < 1.29 is 5.11 Å².